The molecule has 0 amide bonds. The lowest BCUT2D eigenvalue weighted by atomic mass is 10.1. The van der Waals surface area contributed by atoms with Crippen molar-refractivity contribution < 1.29 is 9.47 Å². The molecule has 0 aromatic heterocycles. The van der Waals surface area contributed by atoms with Gasteiger partial charge in [-0.25, -0.2) is 0 Å². The smallest absolute Gasteiger partial charge is 0.165 e. The van der Waals surface area contributed by atoms with Crippen molar-refractivity contribution in [2.75, 3.05) is 54.0 Å². The molecule has 0 aliphatic carbocycles. The number of amidine groups is 1. The van der Waals surface area contributed by atoms with Gasteiger partial charge < -0.3 is 19.7 Å². The molecule has 2 aliphatic rings. The highest BCUT2D eigenvalue weighted by atomic mass is 16.5. The molecule has 1 aromatic rings. The first-order valence-corrected chi connectivity index (χ1v) is 8.13. The van der Waals surface area contributed by atoms with Gasteiger partial charge in [-0.3, -0.25) is 9.89 Å². The van der Waals surface area contributed by atoms with E-state index in [2.05, 4.69) is 33.2 Å². The molecule has 1 atom stereocenters. The fourth-order valence-electron chi connectivity index (χ4n) is 3.34. The Hall–Kier alpha value is -1.79. The number of methoxy groups -OCH3 is 2. The van der Waals surface area contributed by atoms with Gasteiger partial charge in [0.1, 0.15) is 5.84 Å². The molecule has 6 heteroatoms. The van der Waals surface area contributed by atoms with E-state index in [1.165, 1.54) is 0 Å². The third-order valence-electron chi connectivity index (χ3n) is 4.57. The molecule has 1 fully saturated rings. The molecule has 3 rings (SSSR count). The zero-order valence-electron chi connectivity index (χ0n) is 14.2. The van der Waals surface area contributed by atoms with E-state index in [0.717, 1.165) is 62.2 Å². The molecule has 1 aromatic carbocycles. The third kappa shape index (κ3) is 3.43. The first-order valence-electron chi connectivity index (χ1n) is 8.13. The summed E-state index contributed by atoms with van der Waals surface area (Å²) in [5, 5.41) is 3.44. The van der Waals surface area contributed by atoms with E-state index in [4.69, 9.17) is 9.47 Å². The Labute approximate surface area is 138 Å². The molecule has 6 nitrogen and oxygen atoms in total. The van der Waals surface area contributed by atoms with Crippen LogP contribution < -0.4 is 14.8 Å². The van der Waals surface area contributed by atoms with Crippen LogP contribution in [0, 0.1) is 0 Å². The average molecular weight is 318 g/mol. The van der Waals surface area contributed by atoms with Crippen LogP contribution in [0.3, 0.4) is 0 Å². The van der Waals surface area contributed by atoms with E-state index < -0.39 is 0 Å². The van der Waals surface area contributed by atoms with Crippen molar-refractivity contribution in [1.82, 2.24) is 15.1 Å². The molecular weight excluding hydrogens is 292 g/mol. The summed E-state index contributed by atoms with van der Waals surface area (Å²) < 4.78 is 11.0. The van der Waals surface area contributed by atoms with Crippen LogP contribution in [0.25, 0.3) is 0 Å². The molecule has 2 aliphatic heterocycles. The van der Waals surface area contributed by atoms with Crippen molar-refractivity contribution in [2.24, 2.45) is 4.99 Å². The summed E-state index contributed by atoms with van der Waals surface area (Å²) in [6.45, 7) is 5.74. The highest BCUT2D eigenvalue weighted by molar-refractivity contribution is 5.89. The highest BCUT2D eigenvalue weighted by Gasteiger charge is 2.31. The minimum atomic E-state index is 0.312. The monoisotopic (exact) mass is 318 g/mol. The maximum atomic E-state index is 5.58. The van der Waals surface area contributed by atoms with Crippen molar-refractivity contribution in [2.45, 2.75) is 12.6 Å². The minimum absolute atomic E-state index is 0.312. The maximum Gasteiger partial charge on any atom is 0.165 e. The van der Waals surface area contributed by atoms with Gasteiger partial charge in [-0.1, -0.05) is 12.1 Å². The highest BCUT2D eigenvalue weighted by Crippen LogP contribution is 2.32. The van der Waals surface area contributed by atoms with Gasteiger partial charge in [0.25, 0.3) is 0 Å². The molecule has 1 unspecified atom stereocenters. The number of ether oxygens (including phenoxy) is 2. The van der Waals surface area contributed by atoms with Crippen LogP contribution in [-0.2, 0) is 6.54 Å². The van der Waals surface area contributed by atoms with E-state index in [9.17, 15) is 0 Å². The molecule has 0 spiro atoms. The first kappa shape index (κ1) is 16.1. The van der Waals surface area contributed by atoms with Gasteiger partial charge in [-0.2, -0.15) is 0 Å². The molecule has 0 radical (unpaired) electrons. The Morgan fingerprint density at radius 1 is 1.26 bits per heavy atom. The summed E-state index contributed by atoms with van der Waals surface area (Å²) in [7, 11) is 5.55. The number of benzene rings is 1. The number of hydrogen-bond acceptors (Lipinski definition) is 6. The van der Waals surface area contributed by atoms with Crippen molar-refractivity contribution in [3.63, 3.8) is 0 Å². The Kier molecular flexibility index (Phi) is 5.03. The summed E-state index contributed by atoms with van der Waals surface area (Å²) >= 11 is 0. The lowest BCUT2D eigenvalue weighted by Gasteiger charge is -2.40. The normalized spacial score (nSPS) is 22.6. The van der Waals surface area contributed by atoms with E-state index >= 15 is 0 Å². The molecular formula is C17H26N4O2. The molecule has 2 heterocycles. The summed E-state index contributed by atoms with van der Waals surface area (Å²) in [5.41, 5.74) is 1.15. The van der Waals surface area contributed by atoms with Gasteiger partial charge in [0, 0.05) is 38.3 Å². The second-order valence-corrected chi connectivity index (χ2v) is 6.09. The standard InChI is InChI=1S/C17H26N4O2/c1-20-9-10-21(14(12-20)17-18-7-8-19-17)11-13-5-4-6-15(22-2)16(13)23-3/h4-6,14H,7-12H2,1-3H3,(H,18,19). The Balaban J connectivity index is 1.82. The Morgan fingerprint density at radius 2 is 2.13 bits per heavy atom. The van der Waals surface area contributed by atoms with Crippen molar-refractivity contribution in [3.05, 3.63) is 23.8 Å². The largest absolute Gasteiger partial charge is 0.493 e. The predicted molar refractivity (Wildman–Crippen MR) is 91.5 cm³/mol. The van der Waals surface area contributed by atoms with Crippen LogP contribution in [0.5, 0.6) is 11.5 Å². The van der Waals surface area contributed by atoms with Crippen LogP contribution >= 0.6 is 0 Å². The fraction of sp³-hybridized carbons (Fsp3) is 0.588. The summed E-state index contributed by atoms with van der Waals surface area (Å²) in [6.07, 6.45) is 0. The van der Waals surface area contributed by atoms with Gasteiger partial charge in [0.2, 0.25) is 0 Å². The number of aliphatic imine (C=N–C) groups is 1. The van der Waals surface area contributed by atoms with Gasteiger partial charge in [0.05, 0.1) is 26.8 Å². The van der Waals surface area contributed by atoms with Gasteiger partial charge in [0.15, 0.2) is 11.5 Å². The third-order valence-corrected chi connectivity index (χ3v) is 4.57. The van der Waals surface area contributed by atoms with Crippen LogP contribution in [-0.4, -0.2) is 75.7 Å². The van der Waals surface area contributed by atoms with Crippen LogP contribution in [0.1, 0.15) is 5.56 Å². The number of nitrogens with zero attached hydrogens (tertiary/aromatic N) is 3. The lowest BCUT2D eigenvalue weighted by Crippen LogP contribution is -2.57. The lowest BCUT2D eigenvalue weighted by molar-refractivity contribution is 0.116. The number of rotatable bonds is 5. The number of piperazine rings is 1. The molecule has 126 valence electrons. The predicted octanol–water partition coefficient (Wildman–Crippen LogP) is 0.822. The molecule has 1 saturated heterocycles. The number of para-hydroxylation sites is 1. The summed E-state index contributed by atoms with van der Waals surface area (Å²) in [4.78, 5) is 9.49. The van der Waals surface area contributed by atoms with Gasteiger partial charge in [-0.05, 0) is 13.1 Å². The first-order chi connectivity index (χ1) is 11.2. The quantitative estimate of drug-likeness (QED) is 0.871. The number of nitrogens with one attached hydrogen (secondary N) is 1. The van der Waals surface area contributed by atoms with Crippen molar-refractivity contribution >= 4 is 5.84 Å². The second kappa shape index (κ2) is 7.19. The maximum absolute atomic E-state index is 5.58. The number of likely N-dealkylation sites (N-methyl/N-ethyl adjacent to an activating group) is 1. The minimum Gasteiger partial charge on any atom is -0.493 e. The van der Waals surface area contributed by atoms with E-state index in [1.807, 2.05) is 12.1 Å². The van der Waals surface area contributed by atoms with Gasteiger partial charge >= 0.3 is 0 Å². The van der Waals surface area contributed by atoms with Crippen molar-refractivity contribution in [1.29, 1.82) is 0 Å². The fourth-order valence-corrected chi connectivity index (χ4v) is 3.34. The molecule has 23 heavy (non-hydrogen) atoms. The number of hydrogen-bond donors (Lipinski definition) is 1. The zero-order chi connectivity index (χ0) is 16.2. The zero-order valence-corrected chi connectivity index (χ0v) is 14.2. The molecule has 0 bridgehead atoms. The summed E-state index contributed by atoms with van der Waals surface area (Å²) in [6, 6.07) is 6.38. The van der Waals surface area contributed by atoms with Gasteiger partial charge in [-0.15, -0.1) is 0 Å². The van der Waals surface area contributed by atoms with Crippen LogP contribution in [0.4, 0.5) is 0 Å². The van der Waals surface area contributed by atoms with E-state index in [0.29, 0.717) is 6.04 Å². The van der Waals surface area contributed by atoms with Crippen molar-refractivity contribution in [3.8, 4) is 11.5 Å². The average Bonchev–Trinajstić information content (AvgIpc) is 3.10. The van der Waals surface area contributed by atoms with E-state index in [-0.39, 0.29) is 0 Å². The topological polar surface area (TPSA) is 49.3 Å². The Bertz CT molecular complexity index is 576. The second-order valence-electron chi connectivity index (χ2n) is 6.09. The van der Waals surface area contributed by atoms with Crippen LogP contribution in [0.15, 0.2) is 23.2 Å². The molecule has 1 N–H and O–H groups in total. The Morgan fingerprint density at radius 3 is 2.83 bits per heavy atom. The van der Waals surface area contributed by atoms with E-state index in [1.54, 1.807) is 14.2 Å². The molecule has 0 saturated carbocycles. The SMILES string of the molecule is COc1cccc(CN2CCN(C)CC2C2=NCCN2)c1OC. The summed E-state index contributed by atoms with van der Waals surface area (Å²) in [5.74, 6) is 2.74. The van der Waals surface area contributed by atoms with Crippen LogP contribution in [0.2, 0.25) is 0 Å².